The summed E-state index contributed by atoms with van der Waals surface area (Å²) in [5.41, 5.74) is 2.48. The summed E-state index contributed by atoms with van der Waals surface area (Å²) in [5.74, 6) is 0.216. The highest BCUT2D eigenvalue weighted by Gasteiger charge is 1.96. The molecular formula is C15H12N4O. The minimum atomic E-state index is 0.216. The first-order valence-electron chi connectivity index (χ1n) is 6.10. The average Bonchev–Trinajstić information content (AvgIpc) is 3.01. The number of hydrogen-bond donors (Lipinski definition) is 1. The summed E-state index contributed by atoms with van der Waals surface area (Å²) < 4.78 is 1.92. The van der Waals surface area contributed by atoms with Gasteiger partial charge in [0.15, 0.2) is 0 Å². The van der Waals surface area contributed by atoms with Gasteiger partial charge in [-0.15, -0.1) is 0 Å². The summed E-state index contributed by atoms with van der Waals surface area (Å²) in [6, 6.07) is 14.3. The molecule has 0 unspecified atom stereocenters. The summed E-state index contributed by atoms with van der Waals surface area (Å²) in [7, 11) is 0. The average molecular weight is 264 g/mol. The second kappa shape index (κ2) is 5.36. The van der Waals surface area contributed by atoms with E-state index in [1.165, 1.54) is 0 Å². The smallest absolute Gasteiger partial charge is 0.115 e. The van der Waals surface area contributed by atoms with Crippen LogP contribution in [0.3, 0.4) is 0 Å². The third kappa shape index (κ3) is 2.72. The van der Waals surface area contributed by atoms with Crippen LogP contribution in [0.1, 0.15) is 0 Å². The molecule has 0 atom stereocenters. The van der Waals surface area contributed by atoms with Gasteiger partial charge in [0, 0.05) is 18.1 Å². The van der Waals surface area contributed by atoms with Crippen LogP contribution in [0.25, 0.3) is 5.69 Å². The van der Waals surface area contributed by atoms with Gasteiger partial charge in [0.1, 0.15) is 5.75 Å². The Bertz CT molecular complexity index is 701. The van der Waals surface area contributed by atoms with E-state index in [4.69, 9.17) is 0 Å². The highest BCUT2D eigenvalue weighted by atomic mass is 16.3. The topological polar surface area (TPSA) is 62.8 Å². The number of imidazole rings is 1. The van der Waals surface area contributed by atoms with E-state index in [-0.39, 0.29) is 5.75 Å². The zero-order valence-corrected chi connectivity index (χ0v) is 10.6. The van der Waals surface area contributed by atoms with E-state index < -0.39 is 0 Å². The van der Waals surface area contributed by atoms with Crippen molar-refractivity contribution < 1.29 is 5.11 Å². The van der Waals surface area contributed by atoms with Crippen LogP contribution in [0, 0.1) is 0 Å². The predicted molar refractivity (Wildman–Crippen MR) is 75.8 cm³/mol. The van der Waals surface area contributed by atoms with Crippen molar-refractivity contribution in [2.45, 2.75) is 0 Å². The lowest BCUT2D eigenvalue weighted by Crippen LogP contribution is -1.87. The lowest BCUT2D eigenvalue weighted by atomic mass is 10.3. The lowest BCUT2D eigenvalue weighted by Gasteiger charge is -2.01. The van der Waals surface area contributed by atoms with Crippen molar-refractivity contribution >= 4 is 11.4 Å². The maximum atomic E-state index is 9.18. The molecule has 0 aliphatic rings. The Kier molecular flexibility index (Phi) is 3.24. The molecule has 1 aromatic heterocycles. The van der Waals surface area contributed by atoms with Crippen molar-refractivity contribution in [3.8, 4) is 11.4 Å². The molecule has 2 aromatic carbocycles. The second-order valence-corrected chi connectivity index (χ2v) is 4.20. The third-order valence-corrected chi connectivity index (χ3v) is 2.78. The zero-order valence-electron chi connectivity index (χ0n) is 10.6. The molecule has 0 amide bonds. The monoisotopic (exact) mass is 264 g/mol. The first kappa shape index (κ1) is 12.1. The molecule has 0 radical (unpaired) electrons. The molecule has 1 N–H and O–H groups in total. The number of nitrogens with zero attached hydrogens (tertiary/aromatic N) is 4. The fourth-order valence-electron chi connectivity index (χ4n) is 1.74. The SMILES string of the molecule is Oc1ccc(N=Nc2ccc(-n3ccnc3)cc2)cc1. The van der Waals surface area contributed by atoms with Crippen molar-refractivity contribution in [1.29, 1.82) is 0 Å². The molecule has 0 saturated heterocycles. The Labute approximate surface area is 115 Å². The molecule has 20 heavy (non-hydrogen) atoms. The van der Waals surface area contributed by atoms with Crippen LogP contribution in [-0.4, -0.2) is 14.7 Å². The van der Waals surface area contributed by atoms with Gasteiger partial charge in [0.2, 0.25) is 0 Å². The van der Waals surface area contributed by atoms with Crippen molar-refractivity contribution in [3.05, 3.63) is 67.3 Å². The molecule has 0 saturated carbocycles. The van der Waals surface area contributed by atoms with Crippen molar-refractivity contribution in [1.82, 2.24) is 9.55 Å². The standard InChI is InChI=1S/C15H12N4O/c20-15-7-3-13(4-8-15)18-17-12-1-5-14(6-2-12)19-10-9-16-11-19/h1-11,20H. The minimum absolute atomic E-state index is 0.216. The zero-order chi connectivity index (χ0) is 13.8. The molecular weight excluding hydrogens is 252 g/mol. The van der Waals surface area contributed by atoms with E-state index in [9.17, 15) is 5.11 Å². The number of azo groups is 1. The number of hydrogen-bond acceptors (Lipinski definition) is 4. The summed E-state index contributed by atoms with van der Waals surface area (Å²) >= 11 is 0. The molecule has 98 valence electrons. The van der Waals surface area contributed by atoms with Gasteiger partial charge in [-0.25, -0.2) is 4.98 Å². The largest absolute Gasteiger partial charge is 0.508 e. The summed E-state index contributed by atoms with van der Waals surface area (Å²) in [6.45, 7) is 0. The first-order chi connectivity index (χ1) is 9.81. The number of aromatic hydroxyl groups is 1. The Morgan fingerprint density at radius 3 is 2.00 bits per heavy atom. The minimum Gasteiger partial charge on any atom is -0.508 e. The Morgan fingerprint density at radius 2 is 1.45 bits per heavy atom. The maximum absolute atomic E-state index is 9.18. The molecule has 0 bridgehead atoms. The van der Waals surface area contributed by atoms with E-state index >= 15 is 0 Å². The van der Waals surface area contributed by atoms with Gasteiger partial charge in [0.25, 0.3) is 0 Å². The number of phenolic OH excluding ortho intramolecular Hbond substituents is 1. The van der Waals surface area contributed by atoms with Crippen LogP contribution >= 0.6 is 0 Å². The predicted octanol–water partition coefficient (Wildman–Crippen LogP) is 3.99. The summed E-state index contributed by atoms with van der Waals surface area (Å²) in [6.07, 6.45) is 5.36. The van der Waals surface area contributed by atoms with Gasteiger partial charge < -0.3 is 9.67 Å². The van der Waals surface area contributed by atoms with Crippen molar-refractivity contribution in [3.63, 3.8) is 0 Å². The lowest BCUT2D eigenvalue weighted by molar-refractivity contribution is 0.475. The number of aromatic nitrogens is 2. The fraction of sp³-hybridized carbons (Fsp3) is 0. The second-order valence-electron chi connectivity index (χ2n) is 4.20. The van der Waals surface area contributed by atoms with E-state index in [1.807, 2.05) is 35.0 Å². The van der Waals surface area contributed by atoms with E-state index in [0.717, 1.165) is 11.4 Å². The Hall–Kier alpha value is -2.95. The Balaban J connectivity index is 1.76. The van der Waals surface area contributed by atoms with Gasteiger partial charge in [-0.1, -0.05) is 0 Å². The molecule has 5 nitrogen and oxygen atoms in total. The number of rotatable bonds is 3. The van der Waals surface area contributed by atoms with Crippen LogP contribution in [0.5, 0.6) is 5.75 Å². The van der Waals surface area contributed by atoms with Crippen LogP contribution in [0.15, 0.2) is 77.5 Å². The Morgan fingerprint density at radius 1 is 0.850 bits per heavy atom. The highest BCUT2D eigenvalue weighted by molar-refractivity contribution is 5.45. The summed E-state index contributed by atoms with van der Waals surface area (Å²) in [4.78, 5) is 4.00. The van der Waals surface area contributed by atoms with E-state index in [0.29, 0.717) is 5.69 Å². The quantitative estimate of drug-likeness (QED) is 0.727. The molecule has 3 rings (SSSR count). The molecule has 0 spiro atoms. The van der Waals surface area contributed by atoms with E-state index in [1.54, 1.807) is 36.8 Å². The normalized spacial score (nSPS) is 11.0. The van der Waals surface area contributed by atoms with E-state index in [2.05, 4.69) is 15.2 Å². The van der Waals surface area contributed by atoms with Gasteiger partial charge >= 0.3 is 0 Å². The van der Waals surface area contributed by atoms with Gasteiger partial charge in [-0.05, 0) is 48.5 Å². The van der Waals surface area contributed by atoms with Crippen molar-refractivity contribution in [2.24, 2.45) is 10.2 Å². The molecule has 5 heteroatoms. The number of phenols is 1. The molecule has 3 aromatic rings. The van der Waals surface area contributed by atoms with Crippen LogP contribution in [0.2, 0.25) is 0 Å². The third-order valence-electron chi connectivity index (χ3n) is 2.78. The van der Waals surface area contributed by atoms with Gasteiger partial charge in [-0.2, -0.15) is 10.2 Å². The molecule has 0 aliphatic heterocycles. The van der Waals surface area contributed by atoms with Crippen molar-refractivity contribution in [2.75, 3.05) is 0 Å². The fourth-order valence-corrected chi connectivity index (χ4v) is 1.74. The molecule has 1 heterocycles. The number of benzene rings is 2. The van der Waals surface area contributed by atoms with Crippen LogP contribution < -0.4 is 0 Å². The molecule has 0 fully saturated rings. The van der Waals surface area contributed by atoms with Gasteiger partial charge in [0.05, 0.1) is 17.7 Å². The first-order valence-corrected chi connectivity index (χ1v) is 6.10. The molecule has 0 aliphatic carbocycles. The van der Waals surface area contributed by atoms with Crippen LogP contribution in [-0.2, 0) is 0 Å². The van der Waals surface area contributed by atoms with Gasteiger partial charge in [-0.3, -0.25) is 0 Å². The highest BCUT2D eigenvalue weighted by Crippen LogP contribution is 2.21. The maximum Gasteiger partial charge on any atom is 0.115 e. The van der Waals surface area contributed by atoms with Crippen LogP contribution in [0.4, 0.5) is 11.4 Å². The summed E-state index contributed by atoms with van der Waals surface area (Å²) in [5, 5.41) is 17.4.